The molecule has 18 heavy (non-hydrogen) atoms. The third kappa shape index (κ3) is 3.59. The van der Waals surface area contributed by atoms with Crippen molar-refractivity contribution in [2.75, 3.05) is 37.9 Å². The molecule has 0 saturated carbocycles. The monoisotopic (exact) mass is 252 g/mol. The molecular formula is C12H20N4O2. The Balaban J connectivity index is 2.63. The van der Waals surface area contributed by atoms with Crippen LogP contribution in [0, 0.1) is 0 Å². The van der Waals surface area contributed by atoms with Gasteiger partial charge in [-0.3, -0.25) is 9.78 Å². The zero-order chi connectivity index (χ0) is 13.5. The van der Waals surface area contributed by atoms with Crippen molar-refractivity contribution in [3.8, 4) is 0 Å². The maximum atomic E-state index is 11.9. The van der Waals surface area contributed by atoms with Gasteiger partial charge in [0.1, 0.15) is 6.04 Å². The number of nitrogen functional groups attached to an aromatic ring is 1. The lowest BCUT2D eigenvalue weighted by Gasteiger charge is -2.26. The predicted molar refractivity (Wildman–Crippen MR) is 71.4 cm³/mol. The molecule has 0 spiro atoms. The highest BCUT2D eigenvalue weighted by molar-refractivity contribution is 5.86. The Kier molecular flexibility index (Phi) is 5.38. The minimum atomic E-state index is -0.313. The number of hydrogen-bond acceptors (Lipinski definition) is 5. The van der Waals surface area contributed by atoms with Gasteiger partial charge in [0.05, 0.1) is 24.2 Å². The Morgan fingerprint density at radius 2 is 2.39 bits per heavy atom. The standard InChI is InChI=1S/C12H20N4O2/c1-9(12(17)15-6-7-18-3)16(2)11-4-5-14-8-10(11)13/h4-5,8-9H,6-7,13H2,1-3H3,(H,15,17). The molecule has 0 radical (unpaired) electrons. The number of nitrogens with zero attached hydrogens (tertiary/aromatic N) is 2. The first kappa shape index (κ1) is 14.2. The van der Waals surface area contributed by atoms with Crippen molar-refractivity contribution in [1.82, 2.24) is 10.3 Å². The summed E-state index contributed by atoms with van der Waals surface area (Å²) in [6.07, 6.45) is 3.22. The van der Waals surface area contributed by atoms with E-state index < -0.39 is 0 Å². The zero-order valence-electron chi connectivity index (χ0n) is 11.0. The van der Waals surface area contributed by atoms with Gasteiger partial charge in [0.25, 0.3) is 0 Å². The predicted octanol–water partition coefficient (Wildman–Crippen LogP) is 0.251. The molecule has 1 heterocycles. The molecule has 1 aromatic heterocycles. The third-order valence-corrected chi connectivity index (χ3v) is 2.77. The number of amides is 1. The number of aromatic nitrogens is 1. The van der Waals surface area contributed by atoms with Gasteiger partial charge < -0.3 is 20.7 Å². The van der Waals surface area contributed by atoms with Gasteiger partial charge in [-0.25, -0.2) is 0 Å². The maximum absolute atomic E-state index is 11.9. The molecular weight excluding hydrogens is 232 g/mol. The van der Waals surface area contributed by atoms with E-state index in [1.165, 1.54) is 0 Å². The highest BCUT2D eigenvalue weighted by Gasteiger charge is 2.19. The average molecular weight is 252 g/mol. The van der Waals surface area contributed by atoms with Gasteiger partial charge >= 0.3 is 0 Å². The van der Waals surface area contributed by atoms with Crippen molar-refractivity contribution >= 4 is 17.3 Å². The summed E-state index contributed by atoms with van der Waals surface area (Å²) in [4.78, 5) is 17.6. The van der Waals surface area contributed by atoms with Gasteiger partial charge in [-0.05, 0) is 13.0 Å². The normalized spacial score (nSPS) is 11.9. The number of nitrogens with two attached hydrogens (primary N) is 1. The van der Waals surface area contributed by atoms with E-state index in [-0.39, 0.29) is 11.9 Å². The molecule has 0 saturated heterocycles. The number of carbonyl (C=O) groups excluding carboxylic acids is 1. The zero-order valence-corrected chi connectivity index (χ0v) is 11.0. The SMILES string of the molecule is COCCNC(=O)C(C)N(C)c1ccncc1N. The largest absolute Gasteiger partial charge is 0.396 e. The summed E-state index contributed by atoms with van der Waals surface area (Å²) in [5, 5.41) is 2.79. The molecule has 0 bridgehead atoms. The lowest BCUT2D eigenvalue weighted by Crippen LogP contribution is -2.44. The molecule has 1 aromatic rings. The highest BCUT2D eigenvalue weighted by Crippen LogP contribution is 2.21. The topological polar surface area (TPSA) is 80.5 Å². The van der Waals surface area contributed by atoms with E-state index in [0.717, 1.165) is 5.69 Å². The van der Waals surface area contributed by atoms with Crippen LogP contribution in [0.2, 0.25) is 0 Å². The van der Waals surface area contributed by atoms with E-state index >= 15 is 0 Å². The third-order valence-electron chi connectivity index (χ3n) is 2.77. The summed E-state index contributed by atoms with van der Waals surface area (Å²) in [6, 6.07) is 1.47. The van der Waals surface area contributed by atoms with E-state index in [9.17, 15) is 4.79 Å². The first-order valence-corrected chi connectivity index (χ1v) is 5.77. The quantitative estimate of drug-likeness (QED) is 0.709. The number of rotatable bonds is 6. The van der Waals surface area contributed by atoms with Crippen LogP contribution in [0.3, 0.4) is 0 Å². The summed E-state index contributed by atoms with van der Waals surface area (Å²) in [5.74, 6) is -0.0641. The van der Waals surface area contributed by atoms with E-state index in [1.54, 1.807) is 25.6 Å². The Bertz CT molecular complexity index is 397. The Labute approximate surface area is 107 Å². The number of ether oxygens (including phenoxy) is 1. The summed E-state index contributed by atoms with van der Waals surface area (Å²) in [6.45, 7) is 2.82. The van der Waals surface area contributed by atoms with E-state index in [1.807, 2.05) is 18.9 Å². The van der Waals surface area contributed by atoms with Gasteiger partial charge in [-0.2, -0.15) is 0 Å². The molecule has 0 aliphatic carbocycles. The molecule has 6 nitrogen and oxygen atoms in total. The lowest BCUT2D eigenvalue weighted by atomic mass is 10.2. The molecule has 0 aliphatic heterocycles. The van der Waals surface area contributed by atoms with Crippen LogP contribution in [0.5, 0.6) is 0 Å². The summed E-state index contributed by atoms with van der Waals surface area (Å²) >= 11 is 0. The van der Waals surface area contributed by atoms with E-state index in [2.05, 4.69) is 10.3 Å². The van der Waals surface area contributed by atoms with Crippen molar-refractivity contribution in [2.24, 2.45) is 0 Å². The summed E-state index contributed by atoms with van der Waals surface area (Å²) < 4.78 is 4.88. The molecule has 0 aromatic carbocycles. The van der Waals surface area contributed by atoms with Crippen molar-refractivity contribution < 1.29 is 9.53 Å². The molecule has 1 rings (SSSR count). The number of likely N-dealkylation sites (N-methyl/N-ethyl adjacent to an activating group) is 1. The smallest absolute Gasteiger partial charge is 0.242 e. The molecule has 100 valence electrons. The van der Waals surface area contributed by atoms with Gasteiger partial charge in [-0.15, -0.1) is 0 Å². The fraction of sp³-hybridized carbons (Fsp3) is 0.500. The van der Waals surface area contributed by atoms with E-state index in [4.69, 9.17) is 10.5 Å². The minimum Gasteiger partial charge on any atom is -0.396 e. The fourth-order valence-corrected chi connectivity index (χ4v) is 1.53. The van der Waals surface area contributed by atoms with Crippen LogP contribution in [0.4, 0.5) is 11.4 Å². The molecule has 6 heteroatoms. The molecule has 0 fully saturated rings. The Hall–Kier alpha value is -1.82. The van der Waals surface area contributed by atoms with Gasteiger partial charge in [-0.1, -0.05) is 0 Å². The number of carbonyl (C=O) groups is 1. The number of hydrogen-bond donors (Lipinski definition) is 2. The van der Waals surface area contributed by atoms with Gasteiger partial charge in [0.2, 0.25) is 5.91 Å². The van der Waals surface area contributed by atoms with Crippen LogP contribution >= 0.6 is 0 Å². The van der Waals surface area contributed by atoms with Crippen LogP contribution in [-0.4, -0.2) is 44.2 Å². The van der Waals surface area contributed by atoms with Crippen LogP contribution in [0.15, 0.2) is 18.5 Å². The van der Waals surface area contributed by atoms with Crippen molar-refractivity contribution in [2.45, 2.75) is 13.0 Å². The Morgan fingerprint density at radius 3 is 3.00 bits per heavy atom. The van der Waals surface area contributed by atoms with Gasteiger partial charge in [0, 0.05) is 26.9 Å². The molecule has 0 aliphatic rings. The van der Waals surface area contributed by atoms with E-state index in [0.29, 0.717) is 18.8 Å². The molecule has 1 unspecified atom stereocenters. The summed E-state index contributed by atoms with van der Waals surface area (Å²) in [5.41, 5.74) is 7.17. The van der Waals surface area contributed by atoms with Crippen molar-refractivity contribution in [3.63, 3.8) is 0 Å². The second kappa shape index (κ2) is 6.80. The lowest BCUT2D eigenvalue weighted by molar-refractivity contribution is -0.122. The second-order valence-electron chi connectivity index (χ2n) is 4.01. The molecule has 3 N–H and O–H groups in total. The number of nitrogens with one attached hydrogen (secondary N) is 1. The Morgan fingerprint density at radius 1 is 1.67 bits per heavy atom. The first-order chi connectivity index (χ1) is 8.57. The minimum absolute atomic E-state index is 0.0641. The fourth-order valence-electron chi connectivity index (χ4n) is 1.53. The van der Waals surface area contributed by atoms with Crippen LogP contribution < -0.4 is 16.0 Å². The average Bonchev–Trinajstić information content (AvgIpc) is 2.38. The van der Waals surface area contributed by atoms with Crippen molar-refractivity contribution in [1.29, 1.82) is 0 Å². The number of pyridine rings is 1. The number of methoxy groups -OCH3 is 1. The second-order valence-corrected chi connectivity index (χ2v) is 4.01. The number of anilines is 2. The highest BCUT2D eigenvalue weighted by atomic mass is 16.5. The molecule has 1 atom stereocenters. The van der Waals surface area contributed by atoms with Crippen molar-refractivity contribution in [3.05, 3.63) is 18.5 Å². The van der Waals surface area contributed by atoms with Crippen LogP contribution in [-0.2, 0) is 9.53 Å². The van der Waals surface area contributed by atoms with Crippen LogP contribution in [0.25, 0.3) is 0 Å². The van der Waals surface area contributed by atoms with Crippen LogP contribution in [0.1, 0.15) is 6.92 Å². The maximum Gasteiger partial charge on any atom is 0.242 e. The van der Waals surface area contributed by atoms with Gasteiger partial charge in [0.15, 0.2) is 0 Å². The molecule has 1 amide bonds. The summed E-state index contributed by atoms with van der Waals surface area (Å²) in [7, 11) is 3.42. The first-order valence-electron chi connectivity index (χ1n) is 5.77.